The van der Waals surface area contributed by atoms with Crippen molar-refractivity contribution in [3.05, 3.63) is 34.9 Å². The Bertz CT molecular complexity index is 443. The molecule has 1 aliphatic rings. The molecule has 1 saturated carbocycles. The standard InChI is InChI=1S/C14H17ClN2O/c1-10-2-8-13(9-3-10)16-17-14(18)11-4-6-12(15)7-5-11/h4-7,10H,2-3,8-9H2,1H3,(H,17,18). The Hall–Kier alpha value is -1.35. The molecule has 0 saturated heterocycles. The van der Waals surface area contributed by atoms with Crippen molar-refractivity contribution in [2.24, 2.45) is 11.0 Å². The summed E-state index contributed by atoms with van der Waals surface area (Å²) in [6.07, 6.45) is 4.30. The van der Waals surface area contributed by atoms with E-state index < -0.39 is 0 Å². The number of halogens is 1. The number of rotatable bonds is 2. The molecule has 0 unspecified atom stereocenters. The first-order valence-electron chi connectivity index (χ1n) is 6.26. The third-order valence-corrected chi connectivity index (χ3v) is 3.53. The molecule has 0 heterocycles. The second kappa shape index (κ2) is 6.01. The minimum Gasteiger partial charge on any atom is -0.267 e. The Morgan fingerprint density at radius 1 is 1.28 bits per heavy atom. The van der Waals surface area contributed by atoms with Crippen LogP contribution >= 0.6 is 11.6 Å². The molecular weight excluding hydrogens is 248 g/mol. The van der Waals surface area contributed by atoms with Crippen molar-refractivity contribution >= 4 is 23.2 Å². The van der Waals surface area contributed by atoms with Gasteiger partial charge in [0, 0.05) is 16.3 Å². The maximum Gasteiger partial charge on any atom is 0.271 e. The Labute approximate surface area is 112 Å². The topological polar surface area (TPSA) is 41.5 Å². The van der Waals surface area contributed by atoms with Gasteiger partial charge in [-0.05, 0) is 55.9 Å². The fourth-order valence-corrected chi connectivity index (χ4v) is 2.13. The molecule has 18 heavy (non-hydrogen) atoms. The van der Waals surface area contributed by atoms with Crippen molar-refractivity contribution in [3.63, 3.8) is 0 Å². The summed E-state index contributed by atoms with van der Waals surface area (Å²) in [6.45, 7) is 2.25. The highest BCUT2D eigenvalue weighted by molar-refractivity contribution is 6.30. The summed E-state index contributed by atoms with van der Waals surface area (Å²) in [6, 6.07) is 6.79. The molecule has 0 aromatic heterocycles. The molecule has 1 aromatic rings. The van der Waals surface area contributed by atoms with Crippen LogP contribution in [0.2, 0.25) is 5.02 Å². The third-order valence-electron chi connectivity index (χ3n) is 3.27. The van der Waals surface area contributed by atoms with Gasteiger partial charge in [0.15, 0.2) is 0 Å². The zero-order valence-corrected chi connectivity index (χ0v) is 11.2. The lowest BCUT2D eigenvalue weighted by molar-refractivity contribution is 0.0954. The van der Waals surface area contributed by atoms with Gasteiger partial charge in [-0.25, -0.2) is 5.43 Å². The smallest absolute Gasteiger partial charge is 0.267 e. The number of hydrogen-bond acceptors (Lipinski definition) is 2. The van der Waals surface area contributed by atoms with Gasteiger partial charge in [0.25, 0.3) is 5.91 Å². The predicted molar refractivity (Wildman–Crippen MR) is 74.0 cm³/mol. The van der Waals surface area contributed by atoms with E-state index in [1.165, 1.54) is 0 Å². The molecule has 0 atom stereocenters. The normalized spacial score (nSPS) is 19.4. The first kappa shape index (κ1) is 13.1. The maximum absolute atomic E-state index is 11.8. The zero-order chi connectivity index (χ0) is 13.0. The molecule has 3 nitrogen and oxygen atoms in total. The van der Waals surface area contributed by atoms with Crippen LogP contribution in [0.4, 0.5) is 0 Å². The van der Waals surface area contributed by atoms with Gasteiger partial charge < -0.3 is 0 Å². The van der Waals surface area contributed by atoms with Gasteiger partial charge in [-0.15, -0.1) is 0 Å². The molecule has 2 rings (SSSR count). The van der Waals surface area contributed by atoms with Gasteiger partial charge in [0.2, 0.25) is 0 Å². The SMILES string of the molecule is CC1CCC(=NNC(=O)c2ccc(Cl)cc2)CC1. The Morgan fingerprint density at radius 2 is 1.89 bits per heavy atom. The Morgan fingerprint density at radius 3 is 2.50 bits per heavy atom. The quantitative estimate of drug-likeness (QED) is 0.814. The summed E-state index contributed by atoms with van der Waals surface area (Å²) in [5.41, 5.74) is 4.28. The minimum atomic E-state index is -0.183. The molecule has 0 bridgehead atoms. The largest absolute Gasteiger partial charge is 0.271 e. The molecule has 0 spiro atoms. The van der Waals surface area contributed by atoms with Crippen LogP contribution in [-0.4, -0.2) is 11.6 Å². The summed E-state index contributed by atoms with van der Waals surface area (Å²) >= 11 is 5.77. The lowest BCUT2D eigenvalue weighted by Crippen LogP contribution is -2.21. The average Bonchev–Trinajstić information content (AvgIpc) is 2.38. The van der Waals surface area contributed by atoms with Gasteiger partial charge in [-0.2, -0.15) is 5.10 Å². The first-order chi connectivity index (χ1) is 8.65. The average molecular weight is 265 g/mol. The van der Waals surface area contributed by atoms with Crippen molar-refractivity contribution in [2.75, 3.05) is 0 Å². The monoisotopic (exact) mass is 264 g/mol. The number of amides is 1. The molecule has 1 amide bonds. The highest BCUT2D eigenvalue weighted by atomic mass is 35.5. The fourth-order valence-electron chi connectivity index (χ4n) is 2.00. The van der Waals surface area contributed by atoms with E-state index in [4.69, 9.17) is 11.6 Å². The van der Waals surface area contributed by atoms with E-state index in [0.717, 1.165) is 37.3 Å². The highest BCUT2D eigenvalue weighted by Gasteiger charge is 2.13. The predicted octanol–water partition coefficient (Wildman–Crippen LogP) is 3.64. The number of hydrazone groups is 1. The maximum atomic E-state index is 11.8. The lowest BCUT2D eigenvalue weighted by atomic mass is 9.90. The van der Waals surface area contributed by atoms with Crippen LogP contribution in [-0.2, 0) is 0 Å². The molecule has 4 heteroatoms. The van der Waals surface area contributed by atoms with Crippen LogP contribution in [0.1, 0.15) is 43.0 Å². The second-order valence-corrected chi connectivity index (χ2v) is 5.24. The van der Waals surface area contributed by atoms with Crippen molar-refractivity contribution in [2.45, 2.75) is 32.6 Å². The van der Waals surface area contributed by atoms with Crippen LogP contribution in [0, 0.1) is 5.92 Å². The summed E-state index contributed by atoms with van der Waals surface area (Å²) < 4.78 is 0. The number of hydrogen-bond donors (Lipinski definition) is 1. The number of carbonyl (C=O) groups is 1. The van der Waals surface area contributed by atoms with Gasteiger partial charge in [0.1, 0.15) is 0 Å². The van der Waals surface area contributed by atoms with Gasteiger partial charge in [-0.3, -0.25) is 4.79 Å². The van der Waals surface area contributed by atoms with Crippen LogP contribution in [0.25, 0.3) is 0 Å². The molecule has 0 radical (unpaired) electrons. The Kier molecular flexibility index (Phi) is 4.37. The minimum absolute atomic E-state index is 0.183. The van der Waals surface area contributed by atoms with Crippen molar-refractivity contribution in [1.29, 1.82) is 0 Å². The number of benzene rings is 1. The first-order valence-corrected chi connectivity index (χ1v) is 6.64. The molecule has 1 N–H and O–H groups in total. The van der Waals surface area contributed by atoms with E-state index in [0.29, 0.717) is 10.6 Å². The van der Waals surface area contributed by atoms with E-state index in [1.54, 1.807) is 24.3 Å². The summed E-state index contributed by atoms with van der Waals surface area (Å²) in [5, 5.41) is 4.82. The van der Waals surface area contributed by atoms with Crippen LogP contribution < -0.4 is 5.43 Å². The molecule has 96 valence electrons. The molecular formula is C14H17ClN2O. The van der Waals surface area contributed by atoms with E-state index >= 15 is 0 Å². The molecule has 1 aromatic carbocycles. The molecule has 1 fully saturated rings. The third kappa shape index (κ3) is 3.57. The zero-order valence-electron chi connectivity index (χ0n) is 10.4. The van der Waals surface area contributed by atoms with E-state index in [1.807, 2.05) is 0 Å². The number of nitrogens with one attached hydrogen (secondary N) is 1. The van der Waals surface area contributed by atoms with Crippen LogP contribution in [0.5, 0.6) is 0 Å². The summed E-state index contributed by atoms with van der Waals surface area (Å²) in [5.74, 6) is 0.591. The fraction of sp³-hybridized carbons (Fsp3) is 0.429. The van der Waals surface area contributed by atoms with Gasteiger partial charge in [0.05, 0.1) is 0 Å². The molecule has 1 aliphatic carbocycles. The van der Waals surface area contributed by atoms with Crippen molar-refractivity contribution < 1.29 is 4.79 Å². The van der Waals surface area contributed by atoms with E-state index in [-0.39, 0.29) is 5.91 Å². The van der Waals surface area contributed by atoms with Crippen LogP contribution in [0.15, 0.2) is 29.4 Å². The highest BCUT2D eigenvalue weighted by Crippen LogP contribution is 2.21. The van der Waals surface area contributed by atoms with E-state index in [2.05, 4.69) is 17.5 Å². The van der Waals surface area contributed by atoms with Crippen molar-refractivity contribution in [1.82, 2.24) is 5.43 Å². The summed E-state index contributed by atoms with van der Waals surface area (Å²) in [4.78, 5) is 11.8. The Balaban J connectivity index is 1.92. The van der Waals surface area contributed by atoms with Gasteiger partial charge >= 0.3 is 0 Å². The van der Waals surface area contributed by atoms with E-state index in [9.17, 15) is 4.79 Å². The summed E-state index contributed by atoms with van der Waals surface area (Å²) in [7, 11) is 0. The second-order valence-electron chi connectivity index (χ2n) is 4.81. The van der Waals surface area contributed by atoms with Crippen molar-refractivity contribution in [3.8, 4) is 0 Å². The lowest BCUT2D eigenvalue weighted by Gasteiger charge is -2.18. The number of carbonyl (C=O) groups excluding carboxylic acids is 1. The number of nitrogens with zero attached hydrogens (tertiary/aromatic N) is 1. The van der Waals surface area contributed by atoms with Gasteiger partial charge in [-0.1, -0.05) is 18.5 Å². The molecule has 0 aliphatic heterocycles. The van der Waals surface area contributed by atoms with Crippen LogP contribution in [0.3, 0.4) is 0 Å².